The third-order valence-corrected chi connectivity index (χ3v) is 5.30. The second kappa shape index (κ2) is 5.98. The summed E-state index contributed by atoms with van der Waals surface area (Å²) in [6.45, 7) is 7.17. The fraction of sp³-hybridized carbons (Fsp3) is 1.00. The molecule has 0 fully saturated rings. The van der Waals surface area contributed by atoms with Crippen molar-refractivity contribution in [1.29, 1.82) is 0 Å². The van der Waals surface area contributed by atoms with Gasteiger partial charge < -0.3 is 0 Å². The van der Waals surface area contributed by atoms with E-state index in [4.69, 9.17) is 0 Å². The quantitative estimate of drug-likeness (QED) is 0.694. The topological polar surface area (TPSA) is 37.4 Å². The molecule has 0 radical (unpaired) electrons. The van der Waals surface area contributed by atoms with Crippen molar-refractivity contribution in [3.8, 4) is 0 Å². The molecule has 3 nitrogen and oxygen atoms in total. The summed E-state index contributed by atoms with van der Waals surface area (Å²) in [6, 6.07) is 0. The molecule has 1 unspecified atom stereocenters. The lowest BCUT2D eigenvalue weighted by molar-refractivity contribution is 0.363. The van der Waals surface area contributed by atoms with Crippen LogP contribution in [0.5, 0.6) is 0 Å². The van der Waals surface area contributed by atoms with Crippen molar-refractivity contribution < 1.29 is 8.42 Å². The first-order valence-corrected chi connectivity index (χ1v) is 7.24. The van der Waals surface area contributed by atoms with Crippen LogP contribution < -0.4 is 0 Å². The molecular formula is C8H18BrNO2S. The molecule has 0 heterocycles. The molecule has 13 heavy (non-hydrogen) atoms. The second-order valence-electron chi connectivity index (χ2n) is 3.19. The molecule has 80 valence electrons. The number of hydrogen-bond donors (Lipinski definition) is 0. The van der Waals surface area contributed by atoms with Gasteiger partial charge in [0.1, 0.15) is 4.66 Å². The zero-order valence-electron chi connectivity index (χ0n) is 8.46. The number of sulfonamides is 1. The number of hydrogen-bond acceptors (Lipinski definition) is 2. The van der Waals surface area contributed by atoms with Crippen LogP contribution in [0.4, 0.5) is 0 Å². The predicted molar refractivity (Wildman–Crippen MR) is 59.4 cm³/mol. The molecule has 1 atom stereocenters. The Morgan fingerprint density at radius 3 is 2.23 bits per heavy atom. The number of nitrogens with zero attached hydrogens (tertiary/aromatic N) is 1. The van der Waals surface area contributed by atoms with Gasteiger partial charge in [0.15, 0.2) is 0 Å². The van der Waals surface area contributed by atoms with Crippen LogP contribution in [0.25, 0.3) is 0 Å². The van der Waals surface area contributed by atoms with Gasteiger partial charge in [-0.15, -0.1) is 0 Å². The van der Waals surface area contributed by atoms with E-state index in [-0.39, 0.29) is 4.66 Å². The average Bonchev–Trinajstić information content (AvgIpc) is 2.13. The smallest absolute Gasteiger partial charge is 0.211 e. The minimum Gasteiger partial charge on any atom is -0.211 e. The van der Waals surface area contributed by atoms with Gasteiger partial charge in [0.2, 0.25) is 10.0 Å². The van der Waals surface area contributed by atoms with Gasteiger partial charge in [0, 0.05) is 13.1 Å². The summed E-state index contributed by atoms with van der Waals surface area (Å²) < 4.78 is 24.5. The fourth-order valence-corrected chi connectivity index (χ4v) is 2.87. The van der Waals surface area contributed by atoms with E-state index in [0.29, 0.717) is 19.0 Å². The van der Waals surface area contributed by atoms with Crippen LogP contribution in [0.2, 0.25) is 0 Å². The summed E-state index contributed by atoms with van der Waals surface area (Å²) in [4.78, 5) is 0. The van der Waals surface area contributed by atoms with Gasteiger partial charge in [-0.05, 0) is 5.92 Å². The summed E-state index contributed by atoms with van der Waals surface area (Å²) in [5.74, 6) is 0.425. The summed E-state index contributed by atoms with van der Waals surface area (Å²) in [7, 11) is -3.07. The largest absolute Gasteiger partial charge is 0.224 e. The summed E-state index contributed by atoms with van der Waals surface area (Å²) in [5.41, 5.74) is 0. The van der Waals surface area contributed by atoms with Gasteiger partial charge in [-0.25, -0.2) is 12.7 Å². The van der Waals surface area contributed by atoms with Crippen molar-refractivity contribution >= 4 is 26.0 Å². The van der Waals surface area contributed by atoms with Crippen LogP contribution in [0.15, 0.2) is 0 Å². The van der Waals surface area contributed by atoms with Crippen molar-refractivity contribution in [2.45, 2.75) is 27.2 Å². The SMILES string of the molecule is CCC(C)CN(CC)S(=O)(=O)CBr. The molecular weight excluding hydrogens is 254 g/mol. The number of alkyl halides is 1. The molecule has 0 saturated heterocycles. The van der Waals surface area contributed by atoms with Gasteiger partial charge in [0.25, 0.3) is 0 Å². The molecule has 0 amide bonds. The normalized spacial score (nSPS) is 14.8. The third-order valence-electron chi connectivity index (χ3n) is 2.10. The van der Waals surface area contributed by atoms with Gasteiger partial charge in [0.05, 0.1) is 0 Å². The Bertz CT molecular complexity index is 228. The van der Waals surface area contributed by atoms with E-state index in [1.165, 1.54) is 4.31 Å². The first-order valence-electron chi connectivity index (χ1n) is 4.51. The molecule has 0 aromatic heterocycles. The second-order valence-corrected chi connectivity index (χ2v) is 6.46. The van der Waals surface area contributed by atoms with E-state index in [2.05, 4.69) is 29.8 Å². The van der Waals surface area contributed by atoms with E-state index >= 15 is 0 Å². The van der Waals surface area contributed by atoms with E-state index < -0.39 is 10.0 Å². The number of rotatable bonds is 6. The first-order chi connectivity index (χ1) is 5.97. The predicted octanol–water partition coefficient (Wildman–Crippen LogP) is 2.04. The molecule has 0 aromatic carbocycles. The van der Waals surface area contributed by atoms with Crippen LogP contribution in [-0.4, -0.2) is 30.5 Å². The Balaban J connectivity index is 4.35. The Morgan fingerprint density at radius 1 is 1.38 bits per heavy atom. The highest BCUT2D eigenvalue weighted by atomic mass is 79.9. The molecule has 0 aromatic rings. The minimum absolute atomic E-state index is 0.0181. The average molecular weight is 272 g/mol. The van der Waals surface area contributed by atoms with E-state index in [9.17, 15) is 8.42 Å². The molecule has 0 aliphatic rings. The lowest BCUT2D eigenvalue weighted by Gasteiger charge is -2.22. The molecule has 0 bridgehead atoms. The Labute approximate surface area is 89.7 Å². The summed E-state index contributed by atoms with van der Waals surface area (Å²) in [5, 5.41) is 0. The van der Waals surface area contributed by atoms with Crippen molar-refractivity contribution in [2.75, 3.05) is 17.8 Å². The highest BCUT2D eigenvalue weighted by molar-refractivity contribution is 9.10. The third kappa shape index (κ3) is 4.42. The first kappa shape index (κ1) is 13.4. The van der Waals surface area contributed by atoms with Gasteiger partial charge in [-0.1, -0.05) is 43.1 Å². The van der Waals surface area contributed by atoms with E-state index in [1.807, 2.05) is 6.92 Å². The Hall–Kier alpha value is 0.390. The molecule has 5 heteroatoms. The zero-order chi connectivity index (χ0) is 10.5. The lowest BCUT2D eigenvalue weighted by atomic mass is 10.1. The lowest BCUT2D eigenvalue weighted by Crippen LogP contribution is -2.35. The maximum atomic E-state index is 11.5. The Kier molecular flexibility index (Phi) is 6.16. The van der Waals surface area contributed by atoms with Crippen LogP contribution in [0, 0.1) is 5.92 Å². The molecule has 0 rings (SSSR count). The monoisotopic (exact) mass is 271 g/mol. The molecule has 0 saturated carbocycles. The van der Waals surface area contributed by atoms with Crippen LogP contribution in [0.1, 0.15) is 27.2 Å². The van der Waals surface area contributed by atoms with Crippen LogP contribution >= 0.6 is 15.9 Å². The van der Waals surface area contributed by atoms with Crippen LogP contribution in [0.3, 0.4) is 0 Å². The Morgan fingerprint density at radius 2 is 1.92 bits per heavy atom. The van der Waals surface area contributed by atoms with E-state index in [0.717, 1.165) is 6.42 Å². The summed E-state index contributed by atoms with van der Waals surface area (Å²) in [6.07, 6.45) is 1.01. The maximum Gasteiger partial charge on any atom is 0.224 e. The van der Waals surface area contributed by atoms with Gasteiger partial charge in [-0.3, -0.25) is 0 Å². The highest BCUT2D eigenvalue weighted by Gasteiger charge is 2.19. The molecule has 0 spiro atoms. The van der Waals surface area contributed by atoms with Gasteiger partial charge in [-0.2, -0.15) is 0 Å². The van der Waals surface area contributed by atoms with Crippen molar-refractivity contribution in [3.63, 3.8) is 0 Å². The van der Waals surface area contributed by atoms with E-state index in [1.54, 1.807) is 0 Å². The zero-order valence-corrected chi connectivity index (χ0v) is 10.9. The molecule has 0 aliphatic heterocycles. The van der Waals surface area contributed by atoms with Crippen molar-refractivity contribution in [2.24, 2.45) is 5.92 Å². The molecule has 0 N–H and O–H groups in total. The standard InChI is InChI=1S/C8H18BrNO2S/c1-4-8(3)6-10(5-2)13(11,12)7-9/h8H,4-7H2,1-3H3. The molecule has 0 aliphatic carbocycles. The minimum atomic E-state index is -3.07. The van der Waals surface area contributed by atoms with Crippen LogP contribution in [-0.2, 0) is 10.0 Å². The summed E-state index contributed by atoms with van der Waals surface area (Å²) >= 11 is 2.99. The highest BCUT2D eigenvalue weighted by Crippen LogP contribution is 2.10. The van der Waals surface area contributed by atoms with Gasteiger partial charge >= 0.3 is 0 Å². The maximum absolute atomic E-state index is 11.5. The van der Waals surface area contributed by atoms with Crippen molar-refractivity contribution in [3.05, 3.63) is 0 Å². The van der Waals surface area contributed by atoms with Crippen molar-refractivity contribution in [1.82, 2.24) is 4.31 Å². The fourth-order valence-electron chi connectivity index (χ4n) is 0.985. The number of halogens is 1.